The number of nitrogens with zero attached hydrogens (tertiary/aromatic N) is 2. The maximum Gasteiger partial charge on any atom is 0.253 e. The van der Waals surface area contributed by atoms with Crippen molar-refractivity contribution in [2.75, 3.05) is 11.5 Å². The first kappa shape index (κ1) is 18.0. The Morgan fingerprint density at radius 2 is 1.96 bits per heavy atom. The van der Waals surface area contributed by atoms with Gasteiger partial charge in [0.15, 0.2) is 10.9 Å². The predicted octanol–water partition coefficient (Wildman–Crippen LogP) is 2.79. The van der Waals surface area contributed by atoms with Crippen LogP contribution < -0.4 is 11.3 Å². The fraction of sp³-hybridized carbons (Fsp3) is 0.211. The van der Waals surface area contributed by atoms with Crippen molar-refractivity contribution < 1.29 is 4.79 Å². The molecule has 0 saturated carbocycles. The third kappa shape index (κ3) is 4.05. The molecule has 3 aromatic rings. The van der Waals surface area contributed by atoms with Crippen LogP contribution >= 0.6 is 11.8 Å². The summed E-state index contributed by atoms with van der Waals surface area (Å²) < 4.78 is 2.13. The average molecular weight is 368 g/mol. The standard InChI is InChI=1S/C19H20N4O2S/c1-12-8-15(13(2)23(12)10-14-6-4-3-5-7-14)16(24)11-26-19-21-17(20)9-18(25)22-19/h3-9H,10-11H2,1-2H3,(H3,20,21,22,25). The number of carbonyl (C=O) groups excluding carboxylic acids is 1. The zero-order valence-corrected chi connectivity index (χ0v) is 15.5. The van der Waals surface area contributed by atoms with Crippen LogP contribution in [0, 0.1) is 13.8 Å². The van der Waals surface area contributed by atoms with Gasteiger partial charge < -0.3 is 15.3 Å². The van der Waals surface area contributed by atoms with Crippen LogP contribution in [-0.4, -0.2) is 26.1 Å². The highest BCUT2D eigenvalue weighted by atomic mass is 32.2. The monoisotopic (exact) mass is 368 g/mol. The molecule has 0 aliphatic rings. The number of Topliss-reactive ketones (excluding diaryl/α,β-unsaturated/α-hetero) is 1. The maximum absolute atomic E-state index is 12.6. The summed E-state index contributed by atoms with van der Waals surface area (Å²) in [4.78, 5) is 30.7. The fourth-order valence-corrected chi connectivity index (χ4v) is 3.59. The minimum absolute atomic E-state index is 0.00696. The molecule has 0 saturated heterocycles. The number of benzene rings is 1. The van der Waals surface area contributed by atoms with Crippen LogP contribution in [0.25, 0.3) is 0 Å². The van der Waals surface area contributed by atoms with E-state index in [0.29, 0.717) is 10.7 Å². The summed E-state index contributed by atoms with van der Waals surface area (Å²) in [5.41, 5.74) is 9.09. The number of rotatable bonds is 6. The van der Waals surface area contributed by atoms with Gasteiger partial charge >= 0.3 is 0 Å². The molecule has 134 valence electrons. The van der Waals surface area contributed by atoms with Crippen molar-refractivity contribution in [2.24, 2.45) is 0 Å². The first-order valence-electron chi connectivity index (χ1n) is 8.17. The lowest BCUT2D eigenvalue weighted by Crippen LogP contribution is -2.11. The molecule has 0 fully saturated rings. The zero-order chi connectivity index (χ0) is 18.7. The van der Waals surface area contributed by atoms with Gasteiger partial charge in [-0.3, -0.25) is 9.59 Å². The number of hydrogen-bond acceptors (Lipinski definition) is 5. The lowest BCUT2D eigenvalue weighted by molar-refractivity contribution is 0.102. The Hall–Kier alpha value is -2.80. The van der Waals surface area contributed by atoms with Crippen LogP contribution in [0.5, 0.6) is 0 Å². The molecule has 0 spiro atoms. The third-order valence-electron chi connectivity index (χ3n) is 4.14. The molecule has 0 bridgehead atoms. The Morgan fingerprint density at radius 1 is 1.23 bits per heavy atom. The molecular weight excluding hydrogens is 348 g/mol. The summed E-state index contributed by atoms with van der Waals surface area (Å²) in [6, 6.07) is 13.3. The minimum atomic E-state index is -0.325. The summed E-state index contributed by atoms with van der Waals surface area (Å²) in [5, 5.41) is 0.349. The second kappa shape index (κ2) is 7.61. The summed E-state index contributed by atoms with van der Waals surface area (Å²) >= 11 is 1.17. The number of aromatic nitrogens is 3. The summed E-state index contributed by atoms with van der Waals surface area (Å²) in [6.07, 6.45) is 0. The van der Waals surface area contributed by atoms with Gasteiger partial charge in [-0.15, -0.1) is 0 Å². The lowest BCUT2D eigenvalue weighted by Gasteiger charge is -2.10. The van der Waals surface area contributed by atoms with E-state index in [2.05, 4.69) is 26.7 Å². The van der Waals surface area contributed by atoms with Crippen molar-refractivity contribution in [1.82, 2.24) is 14.5 Å². The second-order valence-corrected chi connectivity index (χ2v) is 7.01. The highest BCUT2D eigenvalue weighted by molar-refractivity contribution is 7.99. The summed E-state index contributed by atoms with van der Waals surface area (Å²) in [7, 11) is 0. The van der Waals surface area contributed by atoms with Crippen LogP contribution in [0.4, 0.5) is 5.82 Å². The molecule has 0 aliphatic heterocycles. The molecule has 0 aliphatic carbocycles. The van der Waals surface area contributed by atoms with Crippen LogP contribution in [-0.2, 0) is 6.54 Å². The van der Waals surface area contributed by atoms with Gasteiger partial charge in [-0.2, -0.15) is 0 Å². The number of H-pyrrole nitrogens is 1. The fourth-order valence-electron chi connectivity index (χ4n) is 2.83. The Bertz CT molecular complexity index is 993. The highest BCUT2D eigenvalue weighted by Crippen LogP contribution is 2.21. The molecule has 0 radical (unpaired) electrons. The molecule has 1 aromatic carbocycles. The summed E-state index contributed by atoms with van der Waals surface area (Å²) in [6.45, 7) is 4.67. The van der Waals surface area contributed by atoms with E-state index in [1.165, 1.54) is 23.4 Å². The molecule has 0 amide bonds. The molecule has 3 rings (SSSR count). The van der Waals surface area contributed by atoms with Crippen molar-refractivity contribution in [1.29, 1.82) is 0 Å². The largest absolute Gasteiger partial charge is 0.383 e. The number of nitrogens with two attached hydrogens (primary N) is 1. The van der Waals surface area contributed by atoms with Gasteiger partial charge in [0.25, 0.3) is 5.56 Å². The first-order chi connectivity index (χ1) is 12.4. The van der Waals surface area contributed by atoms with Gasteiger partial charge in [0.2, 0.25) is 0 Å². The number of aromatic amines is 1. The normalized spacial score (nSPS) is 10.8. The quantitative estimate of drug-likeness (QED) is 0.396. The van der Waals surface area contributed by atoms with Gasteiger partial charge in [-0.1, -0.05) is 42.1 Å². The number of hydrogen-bond donors (Lipinski definition) is 2. The molecule has 7 heteroatoms. The number of nitrogens with one attached hydrogen (secondary N) is 1. The van der Waals surface area contributed by atoms with Crippen LogP contribution in [0.1, 0.15) is 27.3 Å². The van der Waals surface area contributed by atoms with E-state index in [9.17, 15) is 9.59 Å². The van der Waals surface area contributed by atoms with Gasteiger partial charge in [0, 0.05) is 29.6 Å². The van der Waals surface area contributed by atoms with Crippen molar-refractivity contribution in [2.45, 2.75) is 25.5 Å². The number of aryl methyl sites for hydroxylation is 1. The smallest absolute Gasteiger partial charge is 0.253 e. The van der Waals surface area contributed by atoms with E-state index in [0.717, 1.165) is 17.9 Å². The molecule has 26 heavy (non-hydrogen) atoms. The van der Waals surface area contributed by atoms with E-state index in [1.54, 1.807) is 0 Å². The predicted molar refractivity (Wildman–Crippen MR) is 104 cm³/mol. The summed E-state index contributed by atoms with van der Waals surface area (Å²) in [5.74, 6) is 0.319. The Labute approximate surface area is 155 Å². The molecule has 0 atom stereocenters. The molecule has 6 nitrogen and oxygen atoms in total. The van der Waals surface area contributed by atoms with Crippen LogP contribution in [0.2, 0.25) is 0 Å². The number of anilines is 1. The topological polar surface area (TPSA) is 93.8 Å². The molecule has 3 N–H and O–H groups in total. The number of thioether (sulfide) groups is 1. The van der Waals surface area contributed by atoms with Crippen LogP contribution in [0.15, 0.2) is 52.4 Å². The van der Waals surface area contributed by atoms with Gasteiger partial charge in [-0.25, -0.2) is 4.98 Å². The van der Waals surface area contributed by atoms with E-state index in [-0.39, 0.29) is 22.9 Å². The number of nitrogen functional groups attached to an aromatic ring is 1. The zero-order valence-electron chi connectivity index (χ0n) is 14.7. The van der Waals surface area contributed by atoms with Gasteiger partial charge in [-0.05, 0) is 25.5 Å². The Balaban J connectivity index is 1.75. The maximum atomic E-state index is 12.6. The van der Waals surface area contributed by atoms with E-state index < -0.39 is 0 Å². The van der Waals surface area contributed by atoms with Crippen molar-refractivity contribution in [3.63, 3.8) is 0 Å². The van der Waals surface area contributed by atoms with Crippen LogP contribution in [0.3, 0.4) is 0 Å². The SMILES string of the molecule is Cc1cc(C(=O)CSc2nc(N)cc(=O)[nH]2)c(C)n1Cc1ccccc1. The lowest BCUT2D eigenvalue weighted by atomic mass is 10.2. The Morgan fingerprint density at radius 3 is 2.65 bits per heavy atom. The van der Waals surface area contributed by atoms with E-state index in [4.69, 9.17) is 5.73 Å². The van der Waals surface area contributed by atoms with Crippen molar-refractivity contribution in [3.05, 3.63) is 75.3 Å². The molecule has 2 heterocycles. The first-order valence-corrected chi connectivity index (χ1v) is 9.16. The minimum Gasteiger partial charge on any atom is -0.383 e. The molecule has 2 aromatic heterocycles. The number of carbonyl (C=O) groups is 1. The average Bonchev–Trinajstić information content (AvgIpc) is 2.88. The van der Waals surface area contributed by atoms with Crippen molar-refractivity contribution in [3.8, 4) is 0 Å². The number of ketones is 1. The highest BCUT2D eigenvalue weighted by Gasteiger charge is 2.16. The van der Waals surface area contributed by atoms with Gasteiger partial charge in [0.05, 0.1) is 5.75 Å². The molecule has 0 unspecified atom stereocenters. The van der Waals surface area contributed by atoms with Gasteiger partial charge in [0.1, 0.15) is 5.82 Å². The third-order valence-corrected chi connectivity index (χ3v) is 5.01. The molecular formula is C19H20N4O2S. The van der Waals surface area contributed by atoms with E-state index >= 15 is 0 Å². The second-order valence-electron chi connectivity index (χ2n) is 6.04. The van der Waals surface area contributed by atoms with Crippen molar-refractivity contribution >= 4 is 23.4 Å². The Kier molecular flexibility index (Phi) is 5.27. The van der Waals surface area contributed by atoms with E-state index in [1.807, 2.05) is 38.1 Å².